The van der Waals surface area contributed by atoms with Crippen LogP contribution in [-0.4, -0.2) is 27.0 Å². The van der Waals surface area contributed by atoms with Crippen LogP contribution >= 0.6 is 0 Å². The van der Waals surface area contributed by atoms with Crippen molar-refractivity contribution in [1.82, 2.24) is 4.72 Å². The number of amides is 1. The van der Waals surface area contributed by atoms with E-state index in [0.717, 1.165) is 12.8 Å². The van der Waals surface area contributed by atoms with Crippen molar-refractivity contribution < 1.29 is 17.9 Å². The molecule has 2 aromatic rings. The lowest BCUT2D eigenvalue weighted by Gasteiger charge is -2.10. The molecule has 1 amide bonds. The van der Waals surface area contributed by atoms with E-state index in [2.05, 4.69) is 10.0 Å². The van der Waals surface area contributed by atoms with Crippen LogP contribution in [0.2, 0.25) is 0 Å². The van der Waals surface area contributed by atoms with Gasteiger partial charge >= 0.3 is 0 Å². The highest BCUT2D eigenvalue weighted by Crippen LogP contribution is 2.23. The standard InChI is InChI=1S/C17H18N2O4S/c20-17(12-23-15-6-2-1-3-7-15)18-14-5-4-8-16(11-14)24(21,22)19-13-9-10-13/h1-8,11,13,19H,9-10,12H2,(H,18,20). The quantitative estimate of drug-likeness (QED) is 0.804. The Morgan fingerprint density at radius 2 is 1.83 bits per heavy atom. The molecule has 0 unspecified atom stereocenters. The molecule has 7 heteroatoms. The number of para-hydroxylation sites is 1. The highest BCUT2D eigenvalue weighted by atomic mass is 32.2. The second kappa shape index (κ2) is 7.02. The first-order valence-electron chi connectivity index (χ1n) is 7.63. The molecule has 2 N–H and O–H groups in total. The Bertz CT molecular complexity index is 817. The molecule has 3 rings (SSSR count). The average molecular weight is 346 g/mol. The fourth-order valence-electron chi connectivity index (χ4n) is 2.09. The number of ether oxygens (including phenoxy) is 1. The lowest BCUT2D eigenvalue weighted by atomic mass is 10.3. The first kappa shape index (κ1) is 16.5. The van der Waals surface area contributed by atoms with Gasteiger partial charge in [0.05, 0.1) is 4.90 Å². The van der Waals surface area contributed by atoms with Crippen LogP contribution in [0.3, 0.4) is 0 Å². The summed E-state index contributed by atoms with van der Waals surface area (Å²) < 4.78 is 32.3. The Kier molecular flexibility index (Phi) is 4.82. The molecule has 0 aromatic heterocycles. The number of anilines is 1. The minimum absolute atomic E-state index is 0.0347. The van der Waals surface area contributed by atoms with Crippen molar-refractivity contribution in [2.45, 2.75) is 23.8 Å². The third-order valence-electron chi connectivity index (χ3n) is 3.44. The van der Waals surface area contributed by atoms with Gasteiger partial charge in [-0.3, -0.25) is 4.79 Å². The van der Waals surface area contributed by atoms with Crippen LogP contribution in [0, 0.1) is 0 Å². The van der Waals surface area contributed by atoms with Crippen LogP contribution in [0.25, 0.3) is 0 Å². The van der Waals surface area contributed by atoms with E-state index in [1.165, 1.54) is 12.1 Å². The van der Waals surface area contributed by atoms with Gasteiger partial charge in [-0.25, -0.2) is 13.1 Å². The van der Waals surface area contributed by atoms with Gasteiger partial charge in [-0.15, -0.1) is 0 Å². The van der Waals surface area contributed by atoms with Crippen LogP contribution < -0.4 is 14.8 Å². The van der Waals surface area contributed by atoms with Crippen molar-refractivity contribution in [2.24, 2.45) is 0 Å². The number of rotatable bonds is 7. The Morgan fingerprint density at radius 1 is 1.08 bits per heavy atom. The second-order valence-electron chi connectivity index (χ2n) is 5.57. The Morgan fingerprint density at radius 3 is 2.54 bits per heavy atom. The summed E-state index contributed by atoms with van der Waals surface area (Å²) in [6.07, 6.45) is 1.74. The average Bonchev–Trinajstić information content (AvgIpc) is 3.37. The number of nitrogens with one attached hydrogen (secondary N) is 2. The fourth-order valence-corrected chi connectivity index (χ4v) is 3.44. The van der Waals surface area contributed by atoms with E-state index in [1.807, 2.05) is 18.2 Å². The molecule has 1 aliphatic carbocycles. The monoisotopic (exact) mass is 346 g/mol. The zero-order chi connectivity index (χ0) is 17.0. The maximum atomic E-state index is 12.2. The van der Waals surface area contributed by atoms with Crippen LogP contribution in [0.4, 0.5) is 5.69 Å². The number of carbonyl (C=O) groups is 1. The highest BCUT2D eigenvalue weighted by molar-refractivity contribution is 7.89. The van der Waals surface area contributed by atoms with E-state index < -0.39 is 10.0 Å². The van der Waals surface area contributed by atoms with Crippen LogP contribution in [0.15, 0.2) is 59.5 Å². The molecule has 0 radical (unpaired) electrons. The number of benzene rings is 2. The Balaban J connectivity index is 1.60. The van der Waals surface area contributed by atoms with Crippen molar-refractivity contribution in [3.8, 4) is 5.75 Å². The predicted molar refractivity (Wildman–Crippen MR) is 90.4 cm³/mol. The zero-order valence-corrected chi connectivity index (χ0v) is 13.8. The minimum Gasteiger partial charge on any atom is -0.484 e. The van der Waals surface area contributed by atoms with Crippen LogP contribution in [0.5, 0.6) is 5.75 Å². The molecule has 6 nitrogen and oxygen atoms in total. The summed E-state index contributed by atoms with van der Waals surface area (Å²) >= 11 is 0. The van der Waals surface area contributed by atoms with E-state index in [9.17, 15) is 13.2 Å². The molecule has 1 aliphatic rings. The third-order valence-corrected chi connectivity index (χ3v) is 4.96. The maximum Gasteiger partial charge on any atom is 0.262 e. The minimum atomic E-state index is -3.54. The molecule has 0 heterocycles. The first-order chi connectivity index (χ1) is 11.5. The van der Waals surface area contributed by atoms with E-state index in [0.29, 0.717) is 11.4 Å². The van der Waals surface area contributed by atoms with Crippen molar-refractivity contribution in [3.05, 3.63) is 54.6 Å². The molecule has 0 bridgehead atoms. The topological polar surface area (TPSA) is 84.5 Å². The maximum absolute atomic E-state index is 12.2. The van der Waals surface area contributed by atoms with Gasteiger partial charge in [-0.05, 0) is 43.2 Å². The normalized spacial score (nSPS) is 14.2. The predicted octanol–water partition coefficient (Wildman–Crippen LogP) is 2.14. The van der Waals surface area contributed by atoms with Crippen molar-refractivity contribution in [1.29, 1.82) is 0 Å². The summed E-state index contributed by atoms with van der Waals surface area (Å²) in [7, 11) is -3.54. The van der Waals surface area contributed by atoms with E-state index in [-0.39, 0.29) is 23.5 Å². The van der Waals surface area contributed by atoms with Crippen LogP contribution in [0.1, 0.15) is 12.8 Å². The van der Waals surface area contributed by atoms with Gasteiger partial charge in [0.1, 0.15) is 5.75 Å². The summed E-state index contributed by atoms with van der Waals surface area (Å²) in [4.78, 5) is 12.1. The van der Waals surface area contributed by atoms with Gasteiger partial charge in [0.25, 0.3) is 5.91 Å². The molecule has 126 valence electrons. The SMILES string of the molecule is O=C(COc1ccccc1)Nc1cccc(S(=O)(=O)NC2CC2)c1. The van der Waals surface area contributed by atoms with Gasteiger partial charge in [-0.1, -0.05) is 24.3 Å². The summed E-state index contributed by atoms with van der Waals surface area (Å²) in [6.45, 7) is -0.151. The van der Waals surface area contributed by atoms with E-state index in [4.69, 9.17) is 4.74 Å². The van der Waals surface area contributed by atoms with Crippen LogP contribution in [-0.2, 0) is 14.8 Å². The molecular weight excluding hydrogens is 328 g/mol. The van der Waals surface area contributed by atoms with Gasteiger partial charge in [0.15, 0.2) is 6.61 Å². The number of carbonyl (C=O) groups excluding carboxylic acids is 1. The third kappa shape index (κ3) is 4.56. The molecule has 1 saturated carbocycles. The molecule has 0 atom stereocenters. The van der Waals surface area contributed by atoms with E-state index in [1.54, 1.807) is 24.3 Å². The lowest BCUT2D eigenvalue weighted by Crippen LogP contribution is -2.26. The summed E-state index contributed by atoms with van der Waals surface area (Å²) in [5.74, 6) is 0.237. The molecular formula is C17H18N2O4S. The van der Waals surface area contributed by atoms with Crippen molar-refractivity contribution in [2.75, 3.05) is 11.9 Å². The molecule has 0 spiro atoms. The second-order valence-corrected chi connectivity index (χ2v) is 7.29. The number of hydrogen-bond donors (Lipinski definition) is 2. The summed E-state index contributed by atoms with van der Waals surface area (Å²) in [6, 6.07) is 15.2. The Hall–Kier alpha value is -2.38. The lowest BCUT2D eigenvalue weighted by molar-refractivity contribution is -0.118. The van der Waals surface area contributed by atoms with E-state index >= 15 is 0 Å². The molecule has 2 aromatic carbocycles. The van der Waals surface area contributed by atoms with Gasteiger partial charge in [-0.2, -0.15) is 0 Å². The van der Waals surface area contributed by atoms with Crippen molar-refractivity contribution >= 4 is 21.6 Å². The first-order valence-corrected chi connectivity index (χ1v) is 9.11. The summed E-state index contributed by atoms with van der Waals surface area (Å²) in [5.41, 5.74) is 0.412. The molecule has 24 heavy (non-hydrogen) atoms. The number of sulfonamides is 1. The summed E-state index contributed by atoms with van der Waals surface area (Å²) in [5, 5.41) is 2.64. The molecule has 0 saturated heterocycles. The number of hydrogen-bond acceptors (Lipinski definition) is 4. The molecule has 0 aliphatic heterocycles. The fraction of sp³-hybridized carbons (Fsp3) is 0.235. The van der Waals surface area contributed by atoms with Gasteiger partial charge in [0.2, 0.25) is 10.0 Å². The zero-order valence-electron chi connectivity index (χ0n) is 12.9. The molecule has 1 fully saturated rings. The van der Waals surface area contributed by atoms with Crippen molar-refractivity contribution in [3.63, 3.8) is 0 Å². The largest absolute Gasteiger partial charge is 0.484 e. The van der Waals surface area contributed by atoms with Gasteiger partial charge < -0.3 is 10.1 Å². The smallest absolute Gasteiger partial charge is 0.262 e. The highest BCUT2D eigenvalue weighted by Gasteiger charge is 2.28. The van der Waals surface area contributed by atoms with Gasteiger partial charge in [0, 0.05) is 11.7 Å². The Labute approximate surface area is 140 Å².